The monoisotopic (exact) mass is 539 g/mol. The second-order valence-corrected chi connectivity index (χ2v) is 8.04. The molecule has 1 aliphatic rings. The van der Waals surface area contributed by atoms with Gasteiger partial charge in [0.1, 0.15) is 11.6 Å². The van der Waals surface area contributed by atoms with Crippen LogP contribution in [0.15, 0.2) is 40.4 Å². The molecule has 0 aromatic heterocycles. The fourth-order valence-corrected chi connectivity index (χ4v) is 4.00. The summed E-state index contributed by atoms with van der Waals surface area (Å²) in [4.78, 5) is 26.8. The van der Waals surface area contributed by atoms with Crippen molar-refractivity contribution in [3.05, 3.63) is 56.0 Å². The van der Waals surface area contributed by atoms with Gasteiger partial charge in [0, 0.05) is 0 Å². The molecular formula is C20H12BrCl2N3O4S. The minimum absolute atomic E-state index is 0.115. The summed E-state index contributed by atoms with van der Waals surface area (Å²) >= 11 is 20.8. The Labute approximate surface area is 201 Å². The Balaban J connectivity index is 2.05. The van der Waals surface area contributed by atoms with Crippen molar-refractivity contribution < 1.29 is 19.1 Å². The first-order valence-electron chi connectivity index (χ1n) is 8.51. The molecule has 0 radical (unpaired) electrons. The quantitative estimate of drug-likeness (QED) is 0.341. The third kappa shape index (κ3) is 4.67. The maximum absolute atomic E-state index is 13.2. The molecule has 0 saturated carbocycles. The number of nitrogens with zero attached hydrogens (tertiary/aromatic N) is 2. The number of thiocarbonyl (C=S) groups is 1. The van der Waals surface area contributed by atoms with Gasteiger partial charge in [-0.25, -0.2) is 0 Å². The summed E-state index contributed by atoms with van der Waals surface area (Å²) < 4.78 is 11.1. The van der Waals surface area contributed by atoms with E-state index in [1.54, 1.807) is 30.3 Å². The van der Waals surface area contributed by atoms with Crippen LogP contribution in [0, 0.1) is 11.3 Å². The zero-order valence-electron chi connectivity index (χ0n) is 15.7. The highest BCUT2D eigenvalue weighted by Crippen LogP contribution is 2.38. The van der Waals surface area contributed by atoms with E-state index in [9.17, 15) is 9.59 Å². The molecule has 1 aliphatic heterocycles. The molecule has 3 rings (SSSR count). The van der Waals surface area contributed by atoms with Crippen LogP contribution in [0.2, 0.25) is 10.0 Å². The lowest BCUT2D eigenvalue weighted by Crippen LogP contribution is -2.54. The molecule has 2 aromatic rings. The zero-order chi connectivity index (χ0) is 22.7. The third-order valence-corrected chi connectivity index (χ3v) is 5.80. The van der Waals surface area contributed by atoms with Crippen molar-refractivity contribution in [1.29, 1.82) is 5.26 Å². The van der Waals surface area contributed by atoms with Crippen molar-refractivity contribution in [2.24, 2.45) is 0 Å². The molecular weight excluding hydrogens is 529 g/mol. The van der Waals surface area contributed by atoms with E-state index in [1.165, 1.54) is 13.2 Å². The number of ether oxygens (including phenoxy) is 2. The van der Waals surface area contributed by atoms with Gasteiger partial charge in [-0.1, -0.05) is 29.3 Å². The van der Waals surface area contributed by atoms with E-state index in [2.05, 4.69) is 21.2 Å². The highest BCUT2D eigenvalue weighted by atomic mass is 79.9. The Morgan fingerprint density at radius 3 is 2.74 bits per heavy atom. The lowest BCUT2D eigenvalue weighted by atomic mass is 10.1. The Bertz CT molecular complexity index is 1180. The molecule has 7 nitrogen and oxygen atoms in total. The Hall–Kier alpha value is -2.64. The van der Waals surface area contributed by atoms with Crippen LogP contribution in [0.1, 0.15) is 5.56 Å². The van der Waals surface area contributed by atoms with Crippen molar-refractivity contribution in [2.75, 3.05) is 18.6 Å². The first kappa shape index (κ1) is 23.0. The SMILES string of the molecule is COc1cc(/C=C2\C(=O)NC(=S)N(c3cccc(Cl)c3Cl)C2=O)cc(Br)c1OCC#N. The molecule has 158 valence electrons. The van der Waals surface area contributed by atoms with Gasteiger partial charge in [-0.05, 0) is 64.1 Å². The average Bonchev–Trinajstić information content (AvgIpc) is 2.73. The average molecular weight is 541 g/mol. The van der Waals surface area contributed by atoms with Crippen LogP contribution in [0.5, 0.6) is 11.5 Å². The second kappa shape index (κ2) is 9.66. The van der Waals surface area contributed by atoms with Gasteiger partial charge in [0.15, 0.2) is 23.2 Å². The lowest BCUT2D eigenvalue weighted by Gasteiger charge is -2.29. The molecule has 11 heteroatoms. The van der Waals surface area contributed by atoms with Crippen molar-refractivity contribution in [3.63, 3.8) is 0 Å². The maximum Gasteiger partial charge on any atom is 0.270 e. The Morgan fingerprint density at radius 1 is 1.32 bits per heavy atom. The minimum Gasteiger partial charge on any atom is -0.493 e. The number of rotatable bonds is 5. The van der Waals surface area contributed by atoms with Gasteiger partial charge in [0.2, 0.25) is 0 Å². The smallest absolute Gasteiger partial charge is 0.270 e. The number of anilines is 1. The summed E-state index contributed by atoms with van der Waals surface area (Å²) in [6, 6.07) is 9.80. The largest absolute Gasteiger partial charge is 0.493 e. The number of benzene rings is 2. The lowest BCUT2D eigenvalue weighted by molar-refractivity contribution is -0.122. The van der Waals surface area contributed by atoms with Gasteiger partial charge in [0.25, 0.3) is 11.8 Å². The predicted molar refractivity (Wildman–Crippen MR) is 124 cm³/mol. The summed E-state index contributed by atoms with van der Waals surface area (Å²) in [6.07, 6.45) is 1.38. The molecule has 2 amide bonds. The van der Waals surface area contributed by atoms with Gasteiger partial charge in [0.05, 0.1) is 27.3 Å². The van der Waals surface area contributed by atoms with E-state index < -0.39 is 11.8 Å². The zero-order valence-corrected chi connectivity index (χ0v) is 19.7. The number of halogens is 3. The Kier molecular flexibility index (Phi) is 7.18. The fourth-order valence-electron chi connectivity index (χ4n) is 2.78. The number of carbonyl (C=O) groups excluding carboxylic acids is 2. The van der Waals surface area contributed by atoms with Crippen molar-refractivity contribution in [2.45, 2.75) is 0 Å². The van der Waals surface area contributed by atoms with Crippen molar-refractivity contribution in [1.82, 2.24) is 5.32 Å². The highest BCUT2D eigenvalue weighted by Gasteiger charge is 2.35. The third-order valence-electron chi connectivity index (χ3n) is 4.12. The van der Waals surface area contributed by atoms with E-state index in [0.29, 0.717) is 21.5 Å². The van der Waals surface area contributed by atoms with Gasteiger partial charge in [-0.15, -0.1) is 0 Å². The number of amides is 2. The summed E-state index contributed by atoms with van der Waals surface area (Å²) in [5.41, 5.74) is 0.537. The maximum atomic E-state index is 13.2. The molecule has 1 N–H and O–H groups in total. The summed E-state index contributed by atoms with van der Waals surface area (Å²) in [5, 5.41) is 11.5. The molecule has 0 spiro atoms. The fraction of sp³-hybridized carbons (Fsp3) is 0.100. The normalized spacial score (nSPS) is 15.0. The van der Waals surface area contributed by atoms with Crippen LogP contribution >= 0.6 is 51.3 Å². The standard InChI is InChI=1S/C20H12BrCl2N3O4S/c1-29-15-9-10(8-12(21)17(15)30-6-5-24)7-11-18(27)25-20(31)26(19(11)28)14-4-2-3-13(22)16(14)23/h2-4,7-9H,6H2,1H3,(H,25,27,31)/b11-7+. The van der Waals surface area contributed by atoms with Gasteiger partial charge < -0.3 is 9.47 Å². The minimum atomic E-state index is -0.669. The first-order valence-corrected chi connectivity index (χ1v) is 10.5. The van der Waals surface area contributed by atoms with Crippen LogP contribution < -0.4 is 19.7 Å². The number of carbonyl (C=O) groups is 2. The van der Waals surface area contributed by atoms with E-state index in [1.807, 2.05) is 6.07 Å². The number of nitrogens with one attached hydrogen (secondary N) is 1. The highest BCUT2D eigenvalue weighted by molar-refractivity contribution is 9.10. The van der Waals surface area contributed by atoms with E-state index in [4.69, 9.17) is 50.2 Å². The second-order valence-electron chi connectivity index (χ2n) is 6.01. The molecule has 31 heavy (non-hydrogen) atoms. The summed E-state index contributed by atoms with van der Waals surface area (Å²) in [7, 11) is 1.43. The van der Waals surface area contributed by atoms with Gasteiger partial charge >= 0.3 is 0 Å². The summed E-state index contributed by atoms with van der Waals surface area (Å²) in [6.45, 7) is -0.177. The number of hydrogen-bond donors (Lipinski definition) is 1. The van der Waals surface area contributed by atoms with E-state index in [-0.39, 0.29) is 33.0 Å². The predicted octanol–water partition coefficient (Wildman–Crippen LogP) is 4.50. The first-order chi connectivity index (χ1) is 14.8. The van der Waals surface area contributed by atoms with E-state index >= 15 is 0 Å². The van der Waals surface area contributed by atoms with Crippen LogP contribution in [-0.4, -0.2) is 30.6 Å². The van der Waals surface area contributed by atoms with Crippen molar-refractivity contribution in [3.8, 4) is 17.6 Å². The van der Waals surface area contributed by atoms with Crippen LogP contribution in [0.25, 0.3) is 6.08 Å². The number of methoxy groups -OCH3 is 1. The van der Waals surface area contributed by atoms with Crippen molar-refractivity contribution >= 4 is 80.0 Å². The Morgan fingerprint density at radius 2 is 2.06 bits per heavy atom. The molecule has 1 saturated heterocycles. The number of hydrogen-bond acceptors (Lipinski definition) is 6. The molecule has 2 aromatic carbocycles. The molecule has 0 unspecified atom stereocenters. The molecule has 0 atom stereocenters. The van der Waals surface area contributed by atoms with Gasteiger partial charge in [-0.2, -0.15) is 5.26 Å². The molecule has 1 fully saturated rings. The summed E-state index contributed by atoms with van der Waals surface area (Å²) in [5.74, 6) is -0.702. The topological polar surface area (TPSA) is 91.7 Å². The van der Waals surface area contributed by atoms with Crippen LogP contribution in [-0.2, 0) is 9.59 Å². The molecule has 1 heterocycles. The van der Waals surface area contributed by atoms with Crippen LogP contribution in [0.3, 0.4) is 0 Å². The molecule has 0 aliphatic carbocycles. The van der Waals surface area contributed by atoms with Crippen LogP contribution in [0.4, 0.5) is 5.69 Å². The van der Waals surface area contributed by atoms with Gasteiger partial charge in [-0.3, -0.25) is 19.8 Å². The van der Waals surface area contributed by atoms with E-state index in [0.717, 1.165) is 4.90 Å². The number of nitriles is 1. The molecule has 0 bridgehead atoms.